The predicted octanol–water partition coefficient (Wildman–Crippen LogP) is 2.05. The summed E-state index contributed by atoms with van der Waals surface area (Å²) in [4.78, 5) is 11.4. The molecule has 4 nitrogen and oxygen atoms in total. The van der Waals surface area contributed by atoms with Crippen LogP contribution < -0.4 is 14.8 Å². The second-order valence-electron chi connectivity index (χ2n) is 3.76. The van der Waals surface area contributed by atoms with Crippen LogP contribution in [0.1, 0.15) is 18.4 Å². The van der Waals surface area contributed by atoms with E-state index < -0.39 is 0 Å². The standard InChI is InChI=1S/C12H14ClNO3/c13-5-1-2-12(15)14-7-9-3-4-10-11(6-9)17-8-16-10/h3-4,6H,1-2,5,7-8H2,(H,14,15). The largest absolute Gasteiger partial charge is 0.454 e. The number of benzene rings is 1. The zero-order valence-corrected chi connectivity index (χ0v) is 10.1. The fourth-order valence-corrected chi connectivity index (χ4v) is 1.70. The molecule has 1 aromatic rings. The lowest BCUT2D eigenvalue weighted by Gasteiger charge is -2.05. The average molecular weight is 256 g/mol. The molecule has 1 aliphatic rings. The minimum atomic E-state index is 0.0170. The molecule has 0 saturated heterocycles. The van der Waals surface area contributed by atoms with Crippen LogP contribution in [0.25, 0.3) is 0 Å². The fourth-order valence-electron chi connectivity index (χ4n) is 1.57. The fraction of sp³-hybridized carbons (Fsp3) is 0.417. The highest BCUT2D eigenvalue weighted by molar-refractivity contribution is 6.17. The molecule has 17 heavy (non-hydrogen) atoms. The van der Waals surface area contributed by atoms with Crippen molar-refractivity contribution in [1.82, 2.24) is 5.32 Å². The van der Waals surface area contributed by atoms with E-state index in [4.69, 9.17) is 21.1 Å². The van der Waals surface area contributed by atoms with E-state index in [1.807, 2.05) is 18.2 Å². The number of ether oxygens (including phenoxy) is 2. The van der Waals surface area contributed by atoms with Crippen molar-refractivity contribution < 1.29 is 14.3 Å². The van der Waals surface area contributed by atoms with Crippen LogP contribution in [0.15, 0.2) is 18.2 Å². The maximum absolute atomic E-state index is 11.4. The first-order valence-corrected chi connectivity index (χ1v) is 6.04. The summed E-state index contributed by atoms with van der Waals surface area (Å²) in [7, 11) is 0. The molecule has 1 aliphatic heterocycles. The lowest BCUT2D eigenvalue weighted by atomic mass is 10.2. The summed E-state index contributed by atoms with van der Waals surface area (Å²) in [5, 5.41) is 2.83. The third-order valence-electron chi connectivity index (χ3n) is 2.46. The predicted molar refractivity (Wildman–Crippen MR) is 64.4 cm³/mol. The van der Waals surface area contributed by atoms with Gasteiger partial charge < -0.3 is 14.8 Å². The van der Waals surface area contributed by atoms with Crippen LogP contribution >= 0.6 is 11.6 Å². The average Bonchev–Trinajstić information content (AvgIpc) is 2.81. The van der Waals surface area contributed by atoms with Crippen molar-refractivity contribution in [3.8, 4) is 11.5 Å². The molecule has 0 atom stereocenters. The third-order valence-corrected chi connectivity index (χ3v) is 2.73. The van der Waals surface area contributed by atoms with Gasteiger partial charge in [0, 0.05) is 18.8 Å². The number of amides is 1. The van der Waals surface area contributed by atoms with Gasteiger partial charge in [-0.15, -0.1) is 11.6 Å². The van der Waals surface area contributed by atoms with Crippen LogP contribution in [-0.4, -0.2) is 18.6 Å². The van der Waals surface area contributed by atoms with Gasteiger partial charge in [0.2, 0.25) is 12.7 Å². The van der Waals surface area contributed by atoms with E-state index in [2.05, 4.69) is 5.32 Å². The minimum absolute atomic E-state index is 0.0170. The molecule has 0 aliphatic carbocycles. The highest BCUT2D eigenvalue weighted by atomic mass is 35.5. The van der Waals surface area contributed by atoms with Crippen molar-refractivity contribution in [1.29, 1.82) is 0 Å². The molecule has 0 unspecified atom stereocenters. The number of alkyl halides is 1. The van der Waals surface area contributed by atoms with E-state index in [0.29, 0.717) is 25.3 Å². The number of carbonyl (C=O) groups excluding carboxylic acids is 1. The van der Waals surface area contributed by atoms with Crippen molar-refractivity contribution in [2.45, 2.75) is 19.4 Å². The van der Waals surface area contributed by atoms with Crippen molar-refractivity contribution in [3.05, 3.63) is 23.8 Å². The molecule has 1 amide bonds. The summed E-state index contributed by atoms with van der Waals surface area (Å²) in [5.74, 6) is 2.01. The highest BCUT2D eigenvalue weighted by Gasteiger charge is 2.13. The minimum Gasteiger partial charge on any atom is -0.454 e. The zero-order chi connectivity index (χ0) is 12.1. The van der Waals surface area contributed by atoms with Crippen molar-refractivity contribution in [2.75, 3.05) is 12.7 Å². The van der Waals surface area contributed by atoms with E-state index in [1.54, 1.807) is 0 Å². The lowest BCUT2D eigenvalue weighted by Crippen LogP contribution is -2.22. The Labute approximate surface area is 105 Å². The van der Waals surface area contributed by atoms with E-state index in [-0.39, 0.29) is 12.7 Å². The monoisotopic (exact) mass is 255 g/mol. The first kappa shape index (κ1) is 12.0. The van der Waals surface area contributed by atoms with Crippen LogP contribution in [0.4, 0.5) is 0 Å². The third kappa shape index (κ3) is 3.27. The molecule has 92 valence electrons. The van der Waals surface area contributed by atoms with E-state index in [9.17, 15) is 4.79 Å². The summed E-state index contributed by atoms with van der Waals surface area (Å²) in [6.45, 7) is 0.763. The number of carbonyl (C=O) groups is 1. The Morgan fingerprint density at radius 2 is 2.18 bits per heavy atom. The van der Waals surface area contributed by atoms with Gasteiger partial charge in [-0.05, 0) is 24.1 Å². The number of hydrogen-bond donors (Lipinski definition) is 1. The van der Waals surface area contributed by atoms with Crippen molar-refractivity contribution in [2.24, 2.45) is 0 Å². The van der Waals surface area contributed by atoms with Gasteiger partial charge in [0.25, 0.3) is 0 Å². The van der Waals surface area contributed by atoms with Gasteiger partial charge in [0.1, 0.15) is 0 Å². The Morgan fingerprint density at radius 1 is 1.35 bits per heavy atom. The molecular formula is C12H14ClNO3. The number of hydrogen-bond acceptors (Lipinski definition) is 3. The van der Waals surface area contributed by atoms with Crippen LogP contribution in [0.3, 0.4) is 0 Å². The first-order valence-electron chi connectivity index (χ1n) is 5.51. The molecule has 0 aromatic heterocycles. The molecule has 1 N–H and O–H groups in total. The normalized spacial score (nSPS) is 12.5. The first-order chi connectivity index (χ1) is 8.29. The van der Waals surface area contributed by atoms with Crippen molar-refractivity contribution in [3.63, 3.8) is 0 Å². The van der Waals surface area contributed by atoms with Gasteiger partial charge >= 0.3 is 0 Å². The molecular weight excluding hydrogens is 242 g/mol. The summed E-state index contributed by atoms with van der Waals surface area (Å²) in [6, 6.07) is 5.64. The van der Waals surface area contributed by atoms with Crippen LogP contribution in [-0.2, 0) is 11.3 Å². The van der Waals surface area contributed by atoms with Gasteiger partial charge in [0.15, 0.2) is 11.5 Å². The Morgan fingerprint density at radius 3 is 3.00 bits per heavy atom. The topological polar surface area (TPSA) is 47.6 Å². The van der Waals surface area contributed by atoms with Crippen LogP contribution in [0, 0.1) is 0 Å². The second-order valence-corrected chi connectivity index (χ2v) is 4.13. The number of rotatable bonds is 5. The van der Waals surface area contributed by atoms with Gasteiger partial charge in [-0.1, -0.05) is 6.07 Å². The number of nitrogens with one attached hydrogen (secondary N) is 1. The summed E-state index contributed by atoms with van der Waals surface area (Å²) in [6.07, 6.45) is 1.17. The number of fused-ring (bicyclic) bond motifs is 1. The highest BCUT2D eigenvalue weighted by Crippen LogP contribution is 2.32. The summed E-state index contributed by atoms with van der Waals surface area (Å²) < 4.78 is 10.5. The SMILES string of the molecule is O=C(CCCCl)NCc1ccc2c(c1)OCO2. The maximum Gasteiger partial charge on any atom is 0.231 e. The molecule has 0 saturated carbocycles. The van der Waals surface area contributed by atoms with Crippen LogP contribution in [0.5, 0.6) is 11.5 Å². The van der Waals surface area contributed by atoms with Gasteiger partial charge in [-0.25, -0.2) is 0 Å². The summed E-state index contributed by atoms with van der Waals surface area (Å²) >= 11 is 5.52. The molecule has 5 heteroatoms. The van der Waals surface area contributed by atoms with E-state index >= 15 is 0 Å². The van der Waals surface area contributed by atoms with Gasteiger partial charge in [-0.2, -0.15) is 0 Å². The molecule has 0 spiro atoms. The smallest absolute Gasteiger partial charge is 0.231 e. The second kappa shape index (κ2) is 5.77. The molecule has 1 heterocycles. The van der Waals surface area contributed by atoms with Gasteiger partial charge in [0.05, 0.1) is 0 Å². The Balaban J connectivity index is 1.85. The molecule has 1 aromatic carbocycles. The quantitative estimate of drug-likeness (QED) is 0.820. The number of halogens is 1. The van der Waals surface area contributed by atoms with Crippen LogP contribution in [0.2, 0.25) is 0 Å². The van der Waals surface area contributed by atoms with E-state index in [1.165, 1.54) is 0 Å². The Hall–Kier alpha value is -1.42. The molecule has 0 fully saturated rings. The Bertz CT molecular complexity index is 409. The van der Waals surface area contributed by atoms with Gasteiger partial charge in [-0.3, -0.25) is 4.79 Å². The lowest BCUT2D eigenvalue weighted by molar-refractivity contribution is -0.121. The molecule has 0 bridgehead atoms. The summed E-state index contributed by atoms with van der Waals surface area (Å²) in [5.41, 5.74) is 0.994. The molecule has 2 rings (SSSR count). The van der Waals surface area contributed by atoms with E-state index in [0.717, 1.165) is 17.1 Å². The molecule has 0 radical (unpaired) electrons. The maximum atomic E-state index is 11.4. The zero-order valence-electron chi connectivity index (χ0n) is 9.37. The Kier molecular flexibility index (Phi) is 4.09. The van der Waals surface area contributed by atoms with Crippen molar-refractivity contribution >= 4 is 17.5 Å².